The van der Waals surface area contributed by atoms with Crippen LogP contribution in [0.4, 0.5) is 0 Å². The van der Waals surface area contributed by atoms with Crippen LogP contribution in [0, 0.1) is 5.92 Å². The van der Waals surface area contributed by atoms with E-state index in [0.29, 0.717) is 5.92 Å². The highest BCUT2D eigenvalue weighted by Crippen LogP contribution is 2.37. The first kappa shape index (κ1) is 21.1. The highest BCUT2D eigenvalue weighted by atomic mass is 79.9. The summed E-state index contributed by atoms with van der Waals surface area (Å²) < 4.78 is 12.5. The summed E-state index contributed by atoms with van der Waals surface area (Å²) in [6.45, 7) is 8.20. The smallest absolute Gasteiger partial charge is 0.130 e. The van der Waals surface area contributed by atoms with Gasteiger partial charge in [-0.3, -0.25) is 0 Å². The minimum atomic E-state index is 0.586. The molecule has 0 heterocycles. The summed E-state index contributed by atoms with van der Waals surface area (Å²) in [5, 5.41) is 3.36. The van der Waals surface area contributed by atoms with Crippen molar-refractivity contribution in [3.63, 3.8) is 0 Å². The molecule has 0 N–H and O–H groups in total. The zero-order valence-corrected chi connectivity index (χ0v) is 18.1. The molecule has 0 aliphatic heterocycles. The fraction of sp³-hybridized carbons (Fsp3) is 0.565. The molecular formula is C23H33BrO2. The molecule has 2 aromatic carbocycles. The second-order valence-electron chi connectivity index (χ2n) is 6.88. The van der Waals surface area contributed by atoms with Gasteiger partial charge in [0.05, 0.1) is 13.2 Å². The molecule has 1 atom stereocenters. The number of alkyl halides is 1. The second kappa shape index (κ2) is 11.5. The fourth-order valence-corrected chi connectivity index (χ4v) is 3.86. The average Bonchev–Trinajstić information content (AvgIpc) is 2.68. The van der Waals surface area contributed by atoms with Gasteiger partial charge in [0.15, 0.2) is 0 Å². The van der Waals surface area contributed by atoms with Gasteiger partial charge in [-0.1, -0.05) is 80.2 Å². The Balaban J connectivity index is 2.28. The minimum absolute atomic E-state index is 0.586. The van der Waals surface area contributed by atoms with Crippen molar-refractivity contribution in [2.24, 2.45) is 5.92 Å². The van der Waals surface area contributed by atoms with Gasteiger partial charge in [0.2, 0.25) is 0 Å². The molecule has 3 heteroatoms. The third kappa shape index (κ3) is 5.64. The van der Waals surface area contributed by atoms with Crippen LogP contribution in [0.1, 0.15) is 58.4 Å². The van der Waals surface area contributed by atoms with Crippen LogP contribution >= 0.6 is 15.9 Å². The molecule has 0 spiro atoms. The molecular weight excluding hydrogens is 388 g/mol. The number of hydrogen-bond acceptors (Lipinski definition) is 2. The van der Waals surface area contributed by atoms with Crippen LogP contribution in [-0.4, -0.2) is 18.5 Å². The minimum Gasteiger partial charge on any atom is -0.493 e. The van der Waals surface area contributed by atoms with E-state index >= 15 is 0 Å². The van der Waals surface area contributed by atoms with E-state index in [1.165, 1.54) is 23.8 Å². The topological polar surface area (TPSA) is 18.5 Å². The third-order valence-corrected chi connectivity index (χ3v) is 5.44. The maximum Gasteiger partial charge on any atom is 0.130 e. The quantitative estimate of drug-likeness (QED) is 0.267. The lowest BCUT2D eigenvalue weighted by molar-refractivity contribution is 0.243. The first-order valence-corrected chi connectivity index (χ1v) is 11.2. The molecule has 0 saturated carbocycles. The molecule has 0 bridgehead atoms. The molecule has 2 rings (SSSR count). The van der Waals surface area contributed by atoms with E-state index in [1.807, 2.05) is 0 Å². The van der Waals surface area contributed by atoms with Gasteiger partial charge in [-0.05, 0) is 36.8 Å². The van der Waals surface area contributed by atoms with E-state index in [4.69, 9.17) is 9.47 Å². The van der Waals surface area contributed by atoms with Crippen LogP contribution in [0.3, 0.4) is 0 Å². The Kier molecular flexibility index (Phi) is 9.31. The predicted octanol–water partition coefficient (Wildman–Crippen LogP) is 7.16. The molecule has 0 aliphatic carbocycles. The summed E-state index contributed by atoms with van der Waals surface area (Å²) >= 11 is 3.55. The van der Waals surface area contributed by atoms with Crippen LogP contribution in [0.2, 0.25) is 0 Å². The maximum atomic E-state index is 6.29. The second-order valence-corrected chi connectivity index (χ2v) is 7.67. The van der Waals surface area contributed by atoms with Crippen molar-refractivity contribution in [3.05, 3.63) is 35.9 Å². The van der Waals surface area contributed by atoms with Crippen LogP contribution in [-0.2, 0) is 6.42 Å². The summed E-state index contributed by atoms with van der Waals surface area (Å²) in [6, 6.07) is 10.7. The van der Waals surface area contributed by atoms with Crippen molar-refractivity contribution in [1.82, 2.24) is 0 Å². The number of halogens is 1. The normalized spacial score (nSPS) is 12.3. The number of hydrogen-bond donors (Lipinski definition) is 0. The Morgan fingerprint density at radius 2 is 1.77 bits per heavy atom. The van der Waals surface area contributed by atoms with Crippen molar-refractivity contribution in [2.45, 2.75) is 59.3 Å². The summed E-state index contributed by atoms with van der Waals surface area (Å²) in [6.07, 6.45) is 6.77. The fourth-order valence-electron chi connectivity index (χ4n) is 3.22. The molecule has 0 radical (unpaired) electrons. The predicted molar refractivity (Wildman–Crippen MR) is 116 cm³/mol. The van der Waals surface area contributed by atoms with E-state index in [1.54, 1.807) is 0 Å². The van der Waals surface area contributed by atoms with Gasteiger partial charge >= 0.3 is 0 Å². The summed E-state index contributed by atoms with van der Waals surface area (Å²) in [7, 11) is 0. The van der Waals surface area contributed by atoms with Crippen molar-refractivity contribution in [1.29, 1.82) is 0 Å². The molecule has 0 aliphatic rings. The van der Waals surface area contributed by atoms with Gasteiger partial charge in [-0.15, -0.1) is 0 Å². The SMILES string of the molecule is CCCCCOc1c(CC)cc(OCC(CC)CCBr)c2ccccc12. The molecule has 2 aromatic rings. The van der Waals surface area contributed by atoms with Gasteiger partial charge in [0, 0.05) is 16.1 Å². The lowest BCUT2D eigenvalue weighted by Gasteiger charge is -2.19. The highest BCUT2D eigenvalue weighted by Gasteiger charge is 2.15. The van der Waals surface area contributed by atoms with Crippen LogP contribution in [0.25, 0.3) is 10.8 Å². The number of fused-ring (bicyclic) bond motifs is 1. The number of rotatable bonds is 12. The number of unbranched alkanes of at least 4 members (excludes halogenated alkanes) is 2. The van der Waals surface area contributed by atoms with Crippen molar-refractivity contribution in [2.75, 3.05) is 18.5 Å². The lowest BCUT2D eigenvalue weighted by Crippen LogP contribution is -2.12. The monoisotopic (exact) mass is 420 g/mol. The van der Waals surface area contributed by atoms with E-state index in [0.717, 1.165) is 61.1 Å². The summed E-state index contributed by atoms with van der Waals surface area (Å²) in [5.41, 5.74) is 1.24. The third-order valence-electron chi connectivity index (χ3n) is 4.98. The number of benzene rings is 2. The highest BCUT2D eigenvalue weighted by molar-refractivity contribution is 9.09. The van der Waals surface area contributed by atoms with Crippen LogP contribution < -0.4 is 9.47 Å². The molecule has 0 fully saturated rings. The van der Waals surface area contributed by atoms with Crippen LogP contribution in [0.15, 0.2) is 30.3 Å². The maximum absolute atomic E-state index is 6.29. The van der Waals surface area contributed by atoms with Gasteiger partial charge in [0.1, 0.15) is 11.5 Å². The van der Waals surface area contributed by atoms with Gasteiger partial charge in [-0.25, -0.2) is 0 Å². The summed E-state index contributed by atoms with van der Waals surface area (Å²) in [4.78, 5) is 0. The Labute approximate surface area is 167 Å². The summed E-state index contributed by atoms with van der Waals surface area (Å²) in [5.74, 6) is 2.62. The van der Waals surface area contributed by atoms with Gasteiger partial charge < -0.3 is 9.47 Å². The zero-order chi connectivity index (χ0) is 18.8. The Morgan fingerprint density at radius 1 is 1.00 bits per heavy atom. The molecule has 0 aromatic heterocycles. The molecule has 144 valence electrons. The largest absolute Gasteiger partial charge is 0.493 e. The van der Waals surface area contributed by atoms with Crippen molar-refractivity contribution < 1.29 is 9.47 Å². The first-order valence-electron chi connectivity index (χ1n) is 10.1. The average molecular weight is 421 g/mol. The zero-order valence-electron chi connectivity index (χ0n) is 16.5. The van der Waals surface area contributed by atoms with Crippen molar-refractivity contribution in [3.8, 4) is 11.5 Å². The number of ether oxygens (including phenoxy) is 2. The first-order chi connectivity index (χ1) is 12.7. The van der Waals surface area contributed by atoms with E-state index < -0.39 is 0 Å². The Morgan fingerprint density at radius 3 is 2.42 bits per heavy atom. The Bertz CT molecular complexity index is 669. The molecule has 26 heavy (non-hydrogen) atoms. The van der Waals surface area contributed by atoms with E-state index in [-0.39, 0.29) is 0 Å². The van der Waals surface area contributed by atoms with Gasteiger partial charge in [-0.2, -0.15) is 0 Å². The Hall–Kier alpha value is -1.22. The molecule has 0 amide bonds. The molecule has 2 nitrogen and oxygen atoms in total. The lowest BCUT2D eigenvalue weighted by atomic mass is 10.0. The van der Waals surface area contributed by atoms with Crippen LogP contribution in [0.5, 0.6) is 11.5 Å². The standard InChI is InChI=1S/C23H33BrO2/c1-4-7-10-15-25-23-19(6-3)16-22(20-11-8-9-12-21(20)23)26-17-18(5-2)13-14-24/h8-9,11-12,16,18H,4-7,10,13-15,17H2,1-3H3. The molecule has 0 saturated heterocycles. The van der Waals surface area contributed by atoms with Gasteiger partial charge in [0.25, 0.3) is 0 Å². The number of aryl methyl sites for hydroxylation is 1. The van der Waals surface area contributed by atoms with E-state index in [9.17, 15) is 0 Å². The van der Waals surface area contributed by atoms with E-state index in [2.05, 4.69) is 67.0 Å². The van der Waals surface area contributed by atoms with Crippen molar-refractivity contribution >= 4 is 26.7 Å². The molecule has 1 unspecified atom stereocenters.